The van der Waals surface area contributed by atoms with Crippen molar-refractivity contribution in [1.82, 2.24) is 0 Å². The van der Waals surface area contributed by atoms with Gasteiger partial charge in [0.1, 0.15) is 0 Å². The van der Waals surface area contributed by atoms with Gasteiger partial charge in [-0.15, -0.1) is 11.6 Å². The van der Waals surface area contributed by atoms with E-state index in [1.165, 1.54) is 5.56 Å². The maximum atomic E-state index is 8.92. The quantitative estimate of drug-likeness (QED) is 0.694. The molecule has 12 heavy (non-hydrogen) atoms. The largest absolute Gasteiger partial charge is 0.396 e. The average molecular weight is 183 g/mol. The van der Waals surface area contributed by atoms with Gasteiger partial charge < -0.3 is 5.11 Å². The van der Waals surface area contributed by atoms with Gasteiger partial charge in [0.05, 0.1) is 0 Å². The number of halogens is 1. The highest BCUT2D eigenvalue weighted by atomic mass is 35.5. The highest BCUT2D eigenvalue weighted by molar-refractivity contribution is 6.23. The van der Waals surface area contributed by atoms with Crippen LogP contribution in [0, 0.1) is 5.92 Å². The standard InChI is InChI=1S/C10H11ClO/c11-10-8(6-12)9(10)7-4-2-1-3-5-7/h1-5,8-10,12H,6H2/t8-,9-,10+/m1/s1. The van der Waals surface area contributed by atoms with Gasteiger partial charge in [-0.25, -0.2) is 0 Å². The summed E-state index contributed by atoms with van der Waals surface area (Å²) in [7, 11) is 0. The number of aliphatic hydroxyl groups excluding tert-OH is 1. The summed E-state index contributed by atoms with van der Waals surface area (Å²) in [4.78, 5) is 0. The van der Waals surface area contributed by atoms with Crippen LogP contribution in [0.4, 0.5) is 0 Å². The predicted molar refractivity (Wildman–Crippen MR) is 49.4 cm³/mol. The number of hydrogen-bond acceptors (Lipinski definition) is 1. The van der Waals surface area contributed by atoms with Crippen molar-refractivity contribution in [2.45, 2.75) is 11.3 Å². The first-order chi connectivity index (χ1) is 5.84. The maximum absolute atomic E-state index is 8.92. The molecule has 64 valence electrons. The van der Waals surface area contributed by atoms with Gasteiger partial charge in [0.2, 0.25) is 0 Å². The van der Waals surface area contributed by atoms with E-state index < -0.39 is 0 Å². The van der Waals surface area contributed by atoms with Gasteiger partial charge in [0, 0.05) is 23.8 Å². The number of aliphatic hydroxyl groups is 1. The first-order valence-electron chi connectivity index (χ1n) is 4.14. The van der Waals surface area contributed by atoms with E-state index in [1.54, 1.807) is 0 Å². The second kappa shape index (κ2) is 3.08. The summed E-state index contributed by atoms with van der Waals surface area (Å²) >= 11 is 5.99. The summed E-state index contributed by atoms with van der Waals surface area (Å²) in [6, 6.07) is 10.1. The SMILES string of the molecule is OC[C@H]1[C@H](Cl)[C@@H]1c1ccccc1. The Hall–Kier alpha value is -0.530. The van der Waals surface area contributed by atoms with Crippen molar-refractivity contribution in [3.63, 3.8) is 0 Å². The first-order valence-corrected chi connectivity index (χ1v) is 4.58. The summed E-state index contributed by atoms with van der Waals surface area (Å²) < 4.78 is 0. The van der Waals surface area contributed by atoms with Gasteiger partial charge in [-0.3, -0.25) is 0 Å². The Kier molecular flexibility index (Phi) is 2.07. The van der Waals surface area contributed by atoms with Crippen molar-refractivity contribution in [3.05, 3.63) is 35.9 Å². The Morgan fingerprint density at radius 3 is 2.42 bits per heavy atom. The van der Waals surface area contributed by atoms with Crippen LogP contribution in [0.25, 0.3) is 0 Å². The van der Waals surface area contributed by atoms with Crippen LogP contribution in [0.2, 0.25) is 0 Å². The summed E-state index contributed by atoms with van der Waals surface area (Å²) in [5.74, 6) is 0.645. The fourth-order valence-electron chi connectivity index (χ4n) is 1.65. The molecule has 0 heterocycles. The molecular weight excluding hydrogens is 172 g/mol. The van der Waals surface area contributed by atoms with Gasteiger partial charge in [-0.2, -0.15) is 0 Å². The summed E-state index contributed by atoms with van der Waals surface area (Å²) in [5.41, 5.74) is 1.25. The van der Waals surface area contributed by atoms with Crippen molar-refractivity contribution < 1.29 is 5.11 Å². The van der Waals surface area contributed by atoms with E-state index in [9.17, 15) is 0 Å². The van der Waals surface area contributed by atoms with Crippen molar-refractivity contribution in [3.8, 4) is 0 Å². The number of benzene rings is 1. The third kappa shape index (κ3) is 1.23. The molecule has 0 saturated heterocycles. The van der Waals surface area contributed by atoms with E-state index >= 15 is 0 Å². The molecule has 0 aliphatic heterocycles. The molecule has 1 aromatic rings. The monoisotopic (exact) mass is 182 g/mol. The molecule has 0 unspecified atom stereocenters. The summed E-state index contributed by atoms with van der Waals surface area (Å²) in [6.07, 6.45) is 0. The van der Waals surface area contributed by atoms with Crippen LogP contribution in [0.3, 0.4) is 0 Å². The van der Waals surface area contributed by atoms with Gasteiger partial charge in [0.15, 0.2) is 0 Å². The third-order valence-electron chi connectivity index (χ3n) is 2.47. The van der Waals surface area contributed by atoms with E-state index in [1.807, 2.05) is 18.2 Å². The third-order valence-corrected chi connectivity index (χ3v) is 3.06. The molecule has 0 spiro atoms. The molecule has 1 N–H and O–H groups in total. The predicted octanol–water partition coefficient (Wildman–Crippen LogP) is 2.00. The normalized spacial score (nSPS) is 33.3. The summed E-state index contributed by atoms with van der Waals surface area (Å²) in [6.45, 7) is 0.202. The van der Waals surface area contributed by atoms with Gasteiger partial charge in [0.25, 0.3) is 0 Å². The molecule has 0 radical (unpaired) electrons. The van der Waals surface area contributed by atoms with Gasteiger partial charge >= 0.3 is 0 Å². The van der Waals surface area contributed by atoms with E-state index in [4.69, 9.17) is 16.7 Å². The molecular formula is C10H11ClO. The smallest absolute Gasteiger partial charge is 0.0480 e. The lowest BCUT2D eigenvalue weighted by molar-refractivity contribution is 0.274. The Morgan fingerprint density at radius 1 is 1.25 bits per heavy atom. The molecule has 3 atom stereocenters. The van der Waals surface area contributed by atoms with E-state index in [0.29, 0.717) is 5.92 Å². The lowest BCUT2D eigenvalue weighted by atomic mass is 10.1. The molecule has 1 aromatic carbocycles. The van der Waals surface area contributed by atoms with E-state index in [0.717, 1.165) is 0 Å². The van der Waals surface area contributed by atoms with Gasteiger partial charge in [-0.1, -0.05) is 30.3 Å². The van der Waals surface area contributed by atoms with Crippen LogP contribution >= 0.6 is 11.6 Å². The van der Waals surface area contributed by atoms with Crippen LogP contribution in [0.1, 0.15) is 11.5 Å². The van der Waals surface area contributed by atoms with Crippen molar-refractivity contribution in [2.24, 2.45) is 5.92 Å². The Morgan fingerprint density at radius 2 is 1.92 bits per heavy atom. The lowest BCUT2D eigenvalue weighted by Crippen LogP contribution is -1.88. The Balaban J connectivity index is 2.14. The van der Waals surface area contributed by atoms with Crippen molar-refractivity contribution in [2.75, 3.05) is 6.61 Å². The van der Waals surface area contributed by atoms with Crippen LogP contribution in [-0.4, -0.2) is 17.1 Å². The minimum atomic E-state index is 0.136. The van der Waals surface area contributed by atoms with E-state index in [2.05, 4.69) is 12.1 Å². The molecule has 1 aliphatic rings. The summed E-state index contributed by atoms with van der Waals surface area (Å²) in [5, 5.41) is 9.06. The number of rotatable bonds is 2. The van der Waals surface area contributed by atoms with Crippen LogP contribution in [-0.2, 0) is 0 Å². The van der Waals surface area contributed by atoms with Crippen molar-refractivity contribution in [1.29, 1.82) is 0 Å². The molecule has 0 amide bonds. The van der Waals surface area contributed by atoms with Crippen molar-refractivity contribution >= 4 is 11.6 Å². The molecule has 1 aliphatic carbocycles. The highest BCUT2D eigenvalue weighted by Gasteiger charge is 2.49. The fraction of sp³-hybridized carbons (Fsp3) is 0.400. The highest BCUT2D eigenvalue weighted by Crippen LogP contribution is 2.51. The Labute approximate surface area is 77.0 Å². The second-order valence-corrected chi connectivity index (χ2v) is 3.73. The molecule has 1 saturated carbocycles. The molecule has 2 rings (SSSR count). The number of alkyl halides is 1. The Bertz CT molecular complexity index is 260. The van der Waals surface area contributed by atoms with Gasteiger partial charge in [-0.05, 0) is 5.56 Å². The van der Waals surface area contributed by atoms with Crippen LogP contribution in [0.15, 0.2) is 30.3 Å². The van der Waals surface area contributed by atoms with Crippen LogP contribution in [0.5, 0.6) is 0 Å². The minimum Gasteiger partial charge on any atom is -0.396 e. The zero-order valence-corrected chi connectivity index (χ0v) is 7.41. The average Bonchev–Trinajstić information content (AvgIpc) is 2.78. The topological polar surface area (TPSA) is 20.2 Å². The zero-order chi connectivity index (χ0) is 8.55. The van der Waals surface area contributed by atoms with Crippen LogP contribution < -0.4 is 0 Å². The second-order valence-electron chi connectivity index (χ2n) is 3.23. The molecule has 1 fully saturated rings. The molecule has 2 heteroatoms. The van der Waals surface area contributed by atoms with E-state index in [-0.39, 0.29) is 17.9 Å². The molecule has 1 nitrogen and oxygen atoms in total. The lowest BCUT2D eigenvalue weighted by Gasteiger charge is -1.95. The molecule has 0 aromatic heterocycles. The number of hydrogen-bond donors (Lipinski definition) is 1. The maximum Gasteiger partial charge on any atom is 0.0480 e. The first kappa shape index (κ1) is 8.09. The zero-order valence-electron chi connectivity index (χ0n) is 6.65. The minimum absolute atomic E-state index is 0.136. The fourth-order valence-corrected chi connectivity index (χ4v) is 2.14. The molecule has 0 bridgehead atoms.